The maximum Gasteiger partial charge on any atom is 0.178 e. The summed E-state index contributed by atoms with van der Waals surface area (Å²) in [6.45, 7) is 0. The SMILES string of the molecule is O=C(CCl)c1ccc(F)c2ccccc12. The minimum Gasteiger partial charge on any atom is -0.293 e. The molecule has 0 aliphatic carbocycles. The number of carbonyl (C=O) groups is 1. The Morgan fingerprint density at radius 2 is 1.80 bits per heavy atom. The van der Waals surface area contributed by atoms with Crippen molar-refractivity contribution in [3.8, 4) is 0 Å². The van der Waals surface area contributed by atoms with Gasteiger partial charge in [-0.2, -0.15) is 0 Å². The molecular formula is C12H8ClFO. The summed E-state index contributed by atoms with van der Waals surface area (Å²) in [5.74, 6) is -0.597. The lowest BCUT2D eigenvalue weighted by atomic mass is 10.0. The third-order valence-corrected chi connectivity index (χ3v) is 2.54. The van der Waals surface area contributed by atoms with Crippen LogP contribution in [0.25, 0.3) is 10.8 Å². The highest BCUT2D eigenvalue weighted by Gasteiger charge is 2.10. The van der Waals surface area contributed by atoms with E-state index in [4.69, 9.17) is 11.6 Å². The Hall–Kier alpha value is -1.41. The summed E-state index contributed by atoms with van der Waals surface area (Å²) in [6, 6.07) is 9.64. The molecular weight excluding hydrogens is 215 g/mol. The first-order valence-electron chi connectivity index (χ1n) is 4.50. The Kier molecular flexibility index (Phi) is 2.69. The maximum atomic E-state index is 13.4. The molecule has 0 aromatic heterocycles. The standard InChI is InChI=1S/C12H8ClFO/c13-7-12(15)10-5-6-11(14)9-4-2-1-3-8(9)10/h1-6H,7H2. The monoisotopic (exact) mass is 222 g/mol. The first-order chi connectivity index (χ1) is 7.24. The van der Waals surface area contributed by atoms with Crippen LogP contribution in [-0.2, 0) is 0 Å². The fourth-order valence-corrected chi connectivity index (χ4v) is 1.72. The molecule has 2 aromatic rings. The molecule has 0 amide bonds. The van der Waals surface area contributed by atoms with Crippen LogP contribution in [-0.4, -0.2) is 11.7 Å². The molecule has 0 aliphatic rings. The zero-order valence-electron chi connectivity index (χ0n) is 7.84. The smallest absolute Gasteiger partial charge is 0.178 e. The van der Waals surface area contributed by atoms with Gasteiger partial charge in [0.25, 0.3) is 0 Å². The van der Waals surface area contributed by atoms with Crippen molar-refractivity contribution in [1.82, 2.24) is 0 Å². The van der Waals surface area contributed by atoms with Crippen molar-refractivity contribution in [2.75, 3.05) is 5.88 Å². The average molecular weight is 223 g/mol. The Morgan fingerprint density at radius 3 is 2.47 bits per heavy atom. The summed E-state index contributed by atoms with van der Waals surface area (Å²) in [5.41, 5.74) is 0.474. The molecule has 0 unspecified atom stereocenters. The molecule has 0 bridgehead atoms. The topological polar surface area (TPSA) is 17.1 Å². The lowest BCUT2D eigenvalue weighted by Gasteiger charge is -2.04. The molecule has 0 fully saturated rings. The van der Waals surface area contributed by atoms with Crippen LogP contribution in [0.4, 0.5) is 4.39 Å². The summed E-state index contributed by atoms with van der Waals surface area (Å²) in [4.78, 5) is 11.5. The van der Waals surface area contributed by atoms with Gasteiger partial charge >= 0.3 is 0 Å². The highest BCUT2D eigenvalue weighted by atomic mass is 35.5. The number of ketones is 1. The number of hydrogen-bond donors (Lipinski definition) is 0. The second-order valence-corrected chi connectivity index (χ2v) is 3.46. The predicted octanol–water partition coefficient (Wildman–Crippen LogP) is 3.40. The molecule has 3 heteroatoms. The fourth-order valence-electron chi connectivity index (χ4n) is 1.58. The van der Waals surface area contributed by atoms with Crippen LogP contribution in [0.2, 0.25) is 0 Å². The molecule has 0 saturated carbocycles. The zero-order valence-corrected chi connectivity index (χ0v) is 8.59. The number of Topliss-reactive ketones (excluding diaryl/α,β-unsaturated/α-hetero) is 1. The van der Waals surface area contributed by atoms with Crippen molar-refractivity contribution >= 4 is 28.2 Å². The van der Waals surface area contributed by atoms with E-state index < -0.39 is 0 Å². The molecule has 0 saturated heterocycles. The first kappa shape index (κ1) is 10.1. The van der Waals surface area contributed by atoms with Gasteiger partial charge in [0.1, 0.15) is 5.82 Å². The van der Waals surface area contributed by atoms with Gasteiger partial charge in [-0.05, 0) is 17.5 Å². The number of hydrogen-bond acceptors (Lipinski definition) is 1. The Balaban J connectivity index is 2.77. The van der Waals surface area contributed by atoms with Crippen LogP contribution < -0.4 is 0 Å². The van der Waals surface area contributed by atoms with Crippen LogP contribution in [0.15, 0.2) is 36.4 Å². The van der Waals surface area contributed by atoms with E-state index in [1.807, 2.05) is 0 Å². The quantitative estimate of drug-likeness (QED) is 0.562. The molecule has 0 radical (unpaired) electrons. The van der Waals surface area contributed by atoms with E-state index in [0.29, 0.717) is 16.3 Å². The summed E-state index contributed by atoms with van der Waals surface area (Å²) in [7, 11) is 0. The van der Waals surface area contributed by atoms with Crippen LogP contribution in [0, 0.1) is 5.82 Å². The van der Waals surface area contributed by atoms with E-state index in [0.717, 1.165) is 0 Å². The van der Waals surface area contributed by atoms with Gasteiger partial charge in [0, 0.05) is 10.9 Å². The van der Waals surface area contributed by atoms with Gasteiger partial charge < -0.3 is 0 Å². The van der Waals surface area contributed by atoms with Crippen molar-refractivity contribution in [1.29, 1.82) is 0 Å². The van der Waals surface area contributed by atoms with Gasteiger partial charge in [-0.15, -0.1) is 11.6 Å². The minimum absolute atomic E-state index is 0.0877. The third-order valence-electron chi connectivity index (χ3n) is 2.29. The highest BCUT2D eigenvalue weighted by molar-refractivity contribution is 6.31. The van der Waals surface area contributed by atoms with Crippen molar-refractivity contribution in [3.05, 3.63) is 47.8 Å². The highest BCUT2D eigenvalue weighted by Crippen LogP contribution is 2.22. The Morgan fingerprint density at radius 1 is 1.13 bits per heavy atom. The largest absolute Gasteiger partial charge is 0.293 e. The number of alkyl halides is 1. The van der Waals surface area contributed by atoms with Crippen molar-refractivity contribution in [2.45, 2.75) is 0 Å². The Labute approximate surface area is 91.5 Å². The van der Waals surface area contributed by atoms with Crippen LogP contribution in [0.1, 0.15) is 10.4 Å². The van der Waals surface area contributed by atoms with E-state index in [-0.39, 0.29) is 17.5 Å². The number of carbonyl (C=O) groups excluding carboxylic acids is 1. The molecule has 0 N–H and O–H groups in total. The molecule has 0 atom stereocenters. The summed E-state index contributed by atoms with van der Waals surface area (Å²) < 4.78 is 13.4. The zero-order chi connectivity index (χ0) is 10.8. The van der Waals surface area contributed by atoms with Crippen LogP contribution >= 0.6 is 11.6 Å². The molecule has 2 rings (SSSR count). The van der Waals surface area contributed by atoms with Crippen molar-refractivity contribution in [3.63, 3.8) is 0 Å². The Bertz CT molecular complexity index is 522. The van der Waals surface area contributed by atoms with Crippen molar-refractivity contribution in [2.24, 2.45) is 0 Å². The number of benzene rings is 2. The molecule has 1 nitrogen and oxygen atoms in total. The normalized spacial score (nSPS) is 10.5. The van der Waals surface area contributed by atoms with E-state index >= 15 is 0 Å². The number of halogens is 2. The first-order valence-corrected chi connectivity index (χ1v) is 5.04. The van der Waals surface area contributed by atoms with Gasteiger partial charge in [0.05, 0.1) is 5.88 Å². The van der Waals surface area contributed by atoms with Gasteiger partial charge in [-0.3, -0.25) is 4.79 Å². The minimum atomic E-state index is -0.322. The van der Waals surface area contributed by atoms with E-state index in [1.165, 1.54) is 12.1 Å². The van der Waals surface area contributed by atoms with E-state index in [9.17, 15) is 9.18 Å². The van der Waals surface area contributed by atoms with Gasteiger partial charge in [0.2, 0.25) is 0 Å². The molecule has 0 spiro atoms. The lowest BCUT2D eigenvalue weighted by molar-refractivity contribution is 0.102. The second-order valence-electron chi connectivity index (χ2n) is 3.20. The summed E-state index contributed by atoms with van der Waals surface area (Å²) >= 11 is 5.48. The molecule has 15 heavy (non-hydrogen) atoms. The van der Waals surface area contributed by atoms with Gasteiger partial charge in [-0.1, -0.05) is 24.3 Å². The summed E-state index contributed by atoms with van der Waals surface area (Å²) in [5, 5.41) is 1.07. The van der Waals surface area contributed by atoms with Crippen molar-refractivity contribution < 1.29 is 9.18 Å². The average Bonchev–Trinajstić information content (AvgIpc) is 2.29. The summed E-state index contributed by atoms with van der Waals surface area (Å²) in [6.07, 6.45) is 0. The lowest BCUT2D eigenvalue weighted by Crippen LogP contribution is -2.01. The maximum absolute atomic E-state index is 13.4. The number of fused-ring (bicyclic) bond motifs is 1. The van der Waals surface area contributed by atoms with Crippen LogP contribution in [0.3, 0.4) is 0 Å². The van der Waals surface area contributed by atoms with Gasteiger partial charge in [0.15, 0.2) is 5.78 Å². The fraction of sp³-hybridized carbons (Fsp3) is 0.0833. The second kappa shape index (κ2) is 3.99. The van der Waals surface area contributed by atoms with Crippen LogP contribution in [0.5, 0.6) is 0 Å². The van der Waals surface area contributed by atoms with Gasteiger partial charge in [-0.25, -0.2) is 4.39 Å². The third kappa shape index (κ3) is 1.73. The molecule has 0 aliphatic heterocycles. The molecule has 76 valence electrons. The predicted molar refractivity (Wildman–Crippen MR) is 59.0 cm³/mol. The van der Waals surface area contributed by atoms with E-state index in [1.54, 1.807) is 24.3 Å². The number of rotatable bonds is 2. The molecule has 2 aromatic carbocycles. The molecule has 0 heterocycles. The van der Waals surface area contributed by atoms with E-state index in [2.05, 4.69) is 0 Å².